The maximum absolute atomic E-state index is 11.0. The zero-order valence-electron chi connectivity index (χ0n) is 13.9. The van der Waals surface area contributed by atoms with Crippen LogP contribution < -0.4 is 5.32 Å². The van der Waals surface area contributed by atoms with Gasteiger partial charge in [0.15, 0.2) is 5.17 Å². The Bertz CT molecular complexity index is 912. The van der Waals surface area contributed by atoms with Crippen molar-refractivity contribution >= 4 is 51.8 Å². The first-order chi connectivity index (χ1) is 12.3. The van der Waals surface area contributed by atoms with Crippen molar-refractivity contribution in [2.24, 2.45) is 4.99 Å². The molecule has 1 aliphatic heterocycles. The van der Waals surface area contributed by atoms with Crippen molar-refractivity contribution < 1.29 is 9.90 Å². The Balaban J connectivity index is 1.78. The number of nitrogens with zero attached hydrogens (tertiary/aromatic N) is 1. The maximum Gasteiger partial charge on any atom is 0.335 e. The molecular weight excluding hydrogens is 391 g/mol. The number of carboxylic acids is 1. The monoisotopic (exact) mass is 406 g/mol. The first-order valence-corrected chi connectivity index (χ1v) is 9.35. The number of benzene rings is 2. The minimum absolute atomic E-state index is 0.275. The van der Waals surface area contributed by atoms with E-state index in [1.165, 1.54) is 0 Å². The second-order valence-corrected chi connectivity index (χ2v) is 8.44. The first-order valence-electron chi connectivity index (χ1n) is 7.78. The summed E-state index contributed by atoms with van der Waals surface area (Å²) in [6, 6.07) is 12.1. The second kappa shape index (κ2) is 7.35. The first kappa shape index (κ1) is 18.8. The molecular formula is C19H16Cl2N2O2S. The van der Waals surface area contributed by atoms with Gasteiger partial charge in [-0.05, 0) is 49.2 Å². The molecule has 134 valence electrons. The molecule has 2 aromatic rings. The van der Waals surface area contributed by atoms with E-state index in [0.717, 1.165) is 16.4 Å². The number of halogens is 2. The van der Waals surface area contributed by atoms with Gasteiger partial charge in [-0.3, -0.25) is 0 Å². The number of amidine groups is 1. The summed E-state index contributed by atoms with van der Waals surface area (Å²) in [5.41, 5.74) is 2.86. The fraction of sp³-hybridized carbons (Fsp3) is 0.158. The minimum Gasteiger partial charge on any atom is -0.478 e. The number of nitrogens with one attached hydrogen (secondary N) is 1. The summed E-state index contributed by atoms with van der Waals surface area (Å²) in [6.07, 6.45) is 0.698. The predicted octanol–water partition coefficient (Wildman–Crippen LogP) is 5.53. The molecule has 0 aromatic heterocycles. The minimum atomic E-state index is -0.930. The molecule has 7 heteroatoms. The van der Waals surface area contributed by atoms with Crippen molar-refractivity contribution in [1.82, 2.24) is 5.32 Å². The van der Waals surface area contributed by atoms with Gasteiger partial charge in [0.05, 0.1) is 26.0 Å². The molecule has 0 bridgehead atoms. The van der Waals surface area contributed by atoms with Crippen LogP contribution in [0.15, 0.2) is 59.7 Å². The number of rotatable bonds is 4. The summed E-state index contributed by atoms with van der Waals surface area (Å²) in [6.45, 7) is 6.20. The molecule has 26 heavy (non-hydrogen) atoms. The van der Waals surface area contributed by atoms with E-state index in [-0.39, 0.29) is 10.3 Å². The molecule has 1 fully saturated rings. The van der Waals surface area contributed by atoms with Crippen LogP contribution in [0.1, 0.15) is 22.8 Å². The number of aliphatic imine (C=N–C) groups is 1. The van der Waals surface area contributed by atoms with Gasteiger partial charge in [-0.2, -0.15) is 0 Å². The van der Waals surface area contributed by atoms with Gasteiger partial charge in [0.2, 0.25) is 0 Å². The Morgan fingerprint density at radius 2 is 1.92 bits per heavy atom. The van der Waals surface area contributed by atoms with Gasteiger partial charge in [-0.25, -0.2) is 9.79 Å². The zero-order chi connectivity index (χ0) is 18.9. The average Bonchev–Trinajstić information content (AvgIpc) is 2.85. The number of carboxylic acid groups (broad SMARTS) is 1. The summed E-state index contributed by atoms with van der Waals surface area (Å²) in [7, 11) is 0. The lowest BCUT2D eigenvalue weighted by Gasteiger charge is -2.22. The van der Waals surface area contributed by atoms with Crippen molar-refractivity contribution in [1.29, 1.82) is 0 Å². The van der Waals surface area contributed by atoms with Crippen molar-refractivity contribution in [2.45, 2.75) is 18.1 Å². The Labute approximate surface area is 165 Å². The molecule has 1 unspecified atom stereocenters. The molecule has 0 radical (unpaired) electrons. The topological polar surface area (TPSA) is 61.7 Å². The highest BCUT2D eigenvalue weighted by molar-refractivity contribution is 8.15. The lowest BCUT2D eigenvalue weighted by molar-refractivity contribution is 0.0697. The Kier molecular flexibility index (Phi) is 5.32. The van der Waals surface area contributed by atoms with Gasteiger partial charge >= 0.3 is 5.97 Å². The molecule has 0 aliphatic carbocycles. The lowest BCUT2D eigenvalue weighted by atomic mass is 9.97. The van der Waals surface area contributed by atoms with Gasteiger partial charge in [0.1, 0.15) is 0 Å². The average molecular weight is 407 g/mol. The van der Waals surface area contributed by atoms with E-state index in [2.05, 4.69) is 23.8 Å². The number of carbonyl (C=O) groups is 1. The third-order valence-electron chi connectivity index (χ3n) is 4.09. The summed E-state index contributed by atoms with van der Waals surface area (Å²) in [4.78, 5) is 15.5. The lowest BCUT2D eigenvalue weighted by Crippen LogP contribution is -2.25. The van der Waals surface area contributed by atoms with Crippen LogP contribution >= 0.6 is 35.0 Å². The number of hydrogen-bond donors (Lipinski definition) is 2. The highest BCUT2D eigenvalue weighted by Gasteiger charge is 2.37. The molecule has 3 rings (SSSR count). The molecule has 2 N–H and O–H groups in total. The molecule has 0 amide bonds. The molecule has 1 saturated heterocycles. The smallest absolute Gasteiger partial charge is 0.335 e. The van der Waals surface area contributed by atoms with Crippen LogP contribution in [-0.4, -0.2) is 21.0 Å². The molecule has 1 heterocycles. The van der Waals surface area contributed by atoms with Crippen molar-refractivity contribution in [3.05, 3.63) is 75.9 Å². The SMILES string of the molecule is C=C1NC(=Nc2ccc(Cl)c(Cl)c2)SC1(C)Cc1ccc(C(=O)O)cc1. The Hall–Kier alpha value is -1.95. The highest BCUT2D eigenvalue weighted by Crippen LogP contribution is 2.41. The molecule has 0 spiro atoms. The predicted molar refractivity (Wildman–Crippen MR) is 109 cm³/mol. The molecule has 1 aliphatic rings. The number of thioether (sulfide) groups is 1. The van der Waals surface area contributed by atoms with Gasteiger partial charge in [-0.15, -0.1) is 0 Å². The number of hydrogen-bond acceptors (Lipinski definition) is 3. The standard InChI is InChI=1S/C19H16Cl2N2O2S/c1-11-19(2,10-12-3-5-13(6-4-12)17(24)25)26-18(22-11)23-14-7-8-15(20)16(21)9-14/h3-9H,1,10H2,2H3,(H,22,23)(H,24,25). The van der Waals surface area contributed by atoms with Gasteiger partial charge in [0, 0.05) is 5.70 Å². The Morgan fingerprint density at radius 1 is 1.23 bits per heavy atom. The van der Waals surface area contributed by atoms with Crippen LogP contribution in [0.3, 0.4) is 0 Å². The zero-order valence-corrected chi connectivity index (χ0v) is 16.3. The molecule has 0 saturated carbocycles. The summed E-state index contributed by atoms with van der Waals surface area (Å²) in [5.74, 6) is -0.930. The van der Waals surface area contributed by atoms with Gasteiger partial charge in [-0.1, -0.05) is 53.7 Å². The van der Waals surface area contributed by atoms with Gasteiger partial charge in [0.25, 0.3) is 0 Å². The van der Waals surface area contributed by atoms with E-state index in [4.69, 9.17) is 28.3 Å². The normalized spacial score (nSPS) is 21.0. The molecule has 1 atom stereocenters. The second-order valence-electron chi connectivity index (χ2n) is 6.13. The quantitative estimate of drug-likeness (QED) is 0.700. The van der Waals surface area contributed by atoms with Crippen LogP contribution in [0.2, 0.25) is 10.0 Å². The maximum atomic E-state index is 11.0. The summed E-state index contributed by atoms with van der Waals surface area (Å²) < 4.78 is -0.292. The third kappa shape index (κ3) is 4.06. The fourth-order valence-electron chi connectivity index (χ4n) is 2.58. The molecule has 2 aromatic carbocycles. The highest BCUT2D eigenvalue weighted by atomic mass is 35.5. The van der Waals surface area contributed by atoms with Crippen LogP contribution in [0.5, 0.6) is 0 Å². The van der Waals surface area contributed by atoms with Crippen LogP contribution in [0.25, 0.3) is 0 Å². The van der Waals surface area contributed by atoms with Crippen LogP contribution in [0.4, 0.5) is 5.69 Å². The van der Waals surface area contributed by atoms with E-state index in [1.54, 1.807) is 42.1 Å². The van der Waals surface area contributed by atoms with Crippen molar-refractivity contribution in [3.63, 3.8) is 0 Å². The molecule has 4 nitrogen and oxygen atoms in total. The fourth-order valence-corrected chi connectivity index (χ4v) is 4.04. The third-order valence-corrected chi connectivity index (χ3v) is 6.06. The summed E-state index contributed by atoms with van der Waals surface area (Å²) in [5, 5.41) is 13.9. The summed E-state index contributed by atoms with van der Waals surface area (Å²) >= 11 is 13.6. The van der Waals surface area contributed by atoms with Crippen LogP contribution in [0, 0.1) is 0 Å². The van der Waals surface area contributed by atoms with E-state index < -0.39 is 5.97 Å². The van der Waals surface area contributed by atoms with Crippen LogP contribution in [-0.2, 0) is 6.42 Å². The largest absolute Gasteiger partial charge is 0.478 e. The van der Waals surface area contributed by atoms with E-state index in [1.807, 2.05) is 12.1 Å². The van der Waals surface area contributed by atoms with Gasteiger partial charge < -0.3 is 10.4 Å². The van der Waals surface area contributed by atoms with Crippen molar-refractivity contribution in [3.8, 4) is 0 Å². The number of aromatic carboxylic acids is 1. The van der Waals surface area contributed by atoms with E-state index in [0.29, 0.717) is 22.2 Å². The van der Waals surface area contributed by atoms with Crippen molar-refractivity contribution in [2.75, 3.05) is 0 Å². The van der Waals surface area contributed by atoms with E-state index >= 15 is 0 Å². The Morgan fingerprint density at radius 3 is 2.54 bits per heavy atom. The van der Waals surface area contributed by atoms with E-state index in [9.17, 15) is 4.79 Å².